The lowest BCUT2D eigenvalue weighted by atomic mass is 10.1. The van der Waals surface area contributed by atoms with Gasteiger partial charge in [-0.2, -0.15) is 0 Å². The fourth-order valence-electron chi connectivity index (χ4n) is 3.01. The van der Waals surface area contributed by atoms with E-state index >= 15 is 0 Å². The van der Waals surface area contributed by atoms with Crippen molar-refractivity contribution >= 4 is 35.4 Å². The molecule has 202 valence electrons. The quantitative estimate of drug-likeness (QED) is 0.171. The van der Waals surface area contributed by atoms with Crippen molar-refractivity contribution in [1.82, 2.24) is 15.4 Å². The fourth-order valence-corrected chi connectivity index (χ4v) is 3.01. The van der Waals surface area contributed by atoms with Crippen LogP contribution in [0.25, 0.3) is 29.1 Å². The summed E-state index contributed by atoms with van der Waals surface area (Å²) >= 11 is 0. The van der Waals surface area contributed by atoms with Crippen molar-refractivity contribution < 1.29 is 28.6 Å². The molecular formula is C27H38N4O6. The molecule has 0 atom stereocenters. The van der Waals surface area contributed by atoms with E-state index in [4.69, 9.17) is 20.1 Å². The summed E-state index contributed by atoms with van der Waals surface area (Å²) in [6.07, 6.45) is 14.6. The van der Waals surface area contributed by atoms with Crippen LogP contribution in [-0.2, 0) is 14.3 Å². The molecule has 0 radical (unpaired) electrons. The van der Waals surface area contributed by atoms with Crippen molar-refractivity contribution in [2.45, 2.75) is 25.7 Å². The fraction of sp³-hybridized carbons (Fsp3) is 0.370. The van der Waals surface area contributed by atoms with E-state index in [2.05, 4.69) is 19.4 Å². The summed E-state index contributed by atoms with van der Waals surface area (Å²) in [7, 11) is 4.73. The molecule has 3 aromatic rings. The largest absolute Gasteiger partial charge is 0.494 e. The van der Waals surface area contributed by atoms with Gasteiger partial charge in [0.05, 0.1) is 37.3 Å². The third-order valence-electron chi connectivity index (χ3n) is 4.76. The van der Waals surface area contributed by atoms with Gasteiger partial charge in [0, 0.05) is 44.7 Å². The maximum Gasteiger partial charge on any atom is 0.133 e. The third-order valence-corrected chi connectivity index (χ3v) is 4.76. The molecule has 0 saturated heterocycles. The molecule has 0 aliphatic heterocycles. The van der Waals surface area contributed by atoms with E-state index in [1.54, 1.807) is 32.0 Å². The molecule has 4 N–H and O–H groups in total. The van der Waals surface area contributed by atoms with Gasteiger partial charge < -0.3 is 34.4 Å². The lowest BCUT2D eigenvalue weighted by Crippen LogP contribution is -1.98. The highest BCUT2D eigenvalue weighted by Crippen LogP contribution is 2.23. The molecule has 3 rings (SSSR count). The van der Waals surface area contributed by atoms with Crippen LogP contribution in [-0.4, -0.2) is 62.5 Å². The van der Waals surface area contributed by atoms with Gasteiger partial charge in [0.1, 0.15) is 24.1 Å². The molecule has 37 heavy (non-hydrogen) atoms. The molecule has 0 aliphatic rings. The minimum atomic E-state index is 0.616. The maximum absolute atomic E-state index is 10.3. The van der Waals surface area contributed by atoms with E-state index in [0.717, 1.165) is 53.5 Å². The Morgan fingerprint density at radius 3 is 2.46 bits per heavy atom. The Hall–Kier alpha value is -3.57. The molecule has 0 fully saturated rings. The number of hydrogen-bond acceptors (Lipinski definition) is 10. The average Bonchev–Trinajstić information content (AvgIpc) is 3.36. The van der Waals surface area contributed by atoms with E-state index < -0.39 is 0 Å². The van der Waals surface area contributed by atoms with Crippen molar-refractivity contribution in [2.24, 2.45) is 5.73 Å². The molecule has 0 amide bonds. The summed E-state index contributed by atoms with van der Waals surface area (Å²) < 4.78 is 20.6. The molecule has 0 unspecified atom stereocenters. The van der Waals surface area contributed by atoms with Gasteiger partial charge in [0.2, 0.25) is 0 Å². The monoisotopic (exact) mass is 514 g/mol. The molecule has 2 heterocycles. The van der Waals surface area contributed by atoms with Crippen LogP contribution in [0.3, 0.4) is 0 Å². The molecule has 10 heteroatoms. The van der Waals surface area contributed by atoms with Gasteiger partial charge in [-0.3, -0.25) is 0 Å². The summed E-state index contributed by atoms with van der Waals surface area (Å²) in [6, 6.07) is 7.64. The highest BCUT2D eigenvalue weighted by Gasteiger charge is 2.05. The van der Waals surface area contributed by atoms with Gasteiger partial charge in [0.25, 0.3) is 0 Å². The number of methoxy groups -OCH3 is 2. The summed E-state index contributed by atoms with van der Waals surface area (Å²) in [4.78, 5) is 19.0. The first-order valence-corrected chi connectivity index (χ1v) is 11.9. The first-order chi connectivity index (χ1) is 18.1. The predicted molar refractivity (Wildman–Crippen MR) is 145 cm³/mol. The molecule has 1 aromatic carbocycles. The number of nitrogens with two attached hydrogens (primary N) is 1. The molecular weight excluding hydrogens is 476 g/mol. The number of nitrogens with one attached hydrogen (secondary N) is 1. The van der Waals surface area contributed by atoms with Crippen molar-refractivity contribution in [3.05, 3.63) is 60.1 Å². The number of nitrogens with zero attached hydrogens (tertiary/aromatic N) is 2. The van der Waals surface area contributed by atoms with Crippen molar-refractivity contribution in [1.29, 1.82) is 0 Å². The Kier molecular flexibility index (Phi) is 17.5. The van der Waals surface area contributed by atoms with Crippen molar-refractivity contribution in [3.63, 3.8) is 0 Å². The molecule has 0 spiro atoms. The summed E-state index contributed by atoms with van der Waals surface area (Å²) in [5.41, 5.74) is 9.72. The Morgan fingerprint density at radius 1 is 1.03 bits per heavy atom. The minimum absolute atomic E-state index is 0.616. The molecule has 0 bridgehead atoms. The number of furan rings is 1. The number of rotatable bonds is 13. The number of aldehydes is 1. The van der Waals surface area contributed by atoms with Gasteiger partial charge >= 0.3 is 0 Å². The van der Waals surface area contributed by atoms with Crippen molar-refractivity contribution in [3.8, 4) is 5.75 Å². The topological polar surface area (TPSA) is 142 Å². The zero-order valence-corrected chi connectivity index (χ0v) is 21.8. The predicted octanol–water partition coefficient (Wildman–Crippen LogP) is 4.33. The maximum atomic E-state index is 10.3. The number of fused-ring (bicyclic) bond motifs is 1. The third kappa shape index (κ3) is 12.8. The van der Waals surface area contributed by atoms with Crippen LogP contribution in [0.4, 0.5) is 0 Å². The van der Waals surface area contributed by atoms with Gasteiger partial charge in [-0.15, -0.1) is 0 Å². The normalized spacial score (nSPS) is 10.7. The van der Waals surface area contributed by atoms with Gasteiger partial charge in [-0.1, -0.05) is 0 Å². The lowest BCUT2D eigenvalue weighted by molar-refractivity contribution is -0.107. The zero-order valence-electron chi connectivity index (χ0n) is 21.8. The molecule has 2 aromatic heterocycles. The standard InChI is InChI=1S/C22H23N3O3.C4H10O2.CH5NO/c23-11-9-17-10-14-28-22(17)8-7-20-19-6-5-18(15-21(19)25-16-24-20)27-13-4-2-1-3-12-26;1-5-3-4-6-2;1-2-3/h5-12,14-16H,1-4,13,23H2;3-4H2,1-2H3;2-3H,1H3/b8-7-,11-9+;;. The number of ether oxygens (including phenoxy) is 3. The number of aromatic nitrogens is 2. The van der Waals surface area contributed by atoms with Crippen LogP contribution < -0.4 is 16.0 Å². The molecule has 0 aliphatic carbocycles. The van der Waals surface area contributed by atoms with E-state index in [-0.39, 0.29) is 0 Å². The van der Waals surface area contributed by atoms with Crippen LogP contribution in [0.2, 0.25) is 0 Å². The number of hydrogen-bond donors (Lipinski definition) is 3. The Balaban J connectivity index is 0.000000657. The highest BCUT2D eigenvalue weighted by molar-refractivity contribution is 5.89. The van der Waals surface area contributed by atoms with E-state index in [0.29, 0.717) is 32.0 Å². The van der Waals surface area contributed by atoms with Crippen LogP contribution in [0.5, 0.6) is 5.75 Å². The zero-order chi connectivity index (χ0) is 27.1. The molecule has 0 saturated carbocycles. The SMILES string of the molecule is CNO.COCCOC.N/C=C/c1ccoc1/C=C\c1ncnc2cc(OCCCCCC=O)ccc12. The first-order valence-electron chi connectivity index (χ1n) is 11.9. The summed E-state index contributed by atoms with van der Waals surface area (Å²) in [5, 5.41) is 8.25. The molecule has 10 nitrogen and oxygen atoms in total. The van der Waals surface area contributed by atoms with E-state index in [1.807, 2.05) is 36.4 Å². The second-order valence-corrected chi connectivity index (χ2v) is 7.44. The number of carbonyl (C=O) groups excluding carboxylic acids is 1. The Morgan fingerprint density at radius 2 is 1.78 bits per heavy atom. The number of hydroxylamine groups is 1. The van der Waals surface area contributed by atoms with Crippen LogP contribution >= 0.6 is 0 Å². The van der Waals surface area contributed by atoms with Crippen LogP contribution in [0, 0.1) is 0 Å². The second kappa shape index (κ2) is 20.6. The van der Waals surface area contributed by atoms with E-state index in [9.17, 15) is 4.79 Å². The number of carbonyl (C=O) groups is 1. The summed E-state index contributed by atoms with van der Waals surface area (Å²) in [5.74, 6) is 1.49. The summed E-state index contributed by atoms with van der Waals surface area (Å²) in [6.45, 7) is 2.01. The Labute approximate surface area is 218 Å². The van der Waals surface area contributed by atoms with E-state index in [1.165, 1.54) is 19.6 Å². The van der Waals surface area contributed by atoms with Crippen molar-refractivity contribution in [2.75, 3.05) is 41.1 Å². The van der Waals surface area contributed by atoms with Gasteiger partial charge in [-0.05, 0) is 61.9 Å². The van der Waals surface area contributed by atoms with Gasteiger partial charge in [0.15, 0.2) is 0 Å². The number of benzene rings is 1. The number of unbranched alkanes of at least 4 members (excludes halogenated alkanes) is 3. The Bertz CT molecular complexity index is 1060. The van der Waals surface area contributed by atoms with Gasteiger partial charge in [-0.25, -0.2) is 15.4 Å². The van der Waals surface area contributed by atoms with Crippen LogP contribution in [0.15, 0.2) is 47.5 Å². The minimum Gasteiger partial charge on any atom is -0.494 e. The average molecular weight is 515 g/mol. The second-order valence-electron chi connectivity index (χ2n) is 7.44. The highest BCUT2D eigenvalue weighted by atomic mass is 16.5. The first kappa shape index (κ1) is 31.5. The smallest absolute Gasteiger partial charge is 0.133 e. The lowest BCUT2D eigenvalue weighted by Gasteiger charge is -2.07. The van der Waals surface area contributed by atoms with Crippen LogP contribution in [0.1, 0.15) is 42.7 Å².